The lowest BCUT2D eigenvalue weighted by Crippen LogP contribution is -2.35. The first kappa shape index (κ1) is 23.8. The number of imidazole rings is 1. The summed E-state index contributed by atoms with van der Waals surface area (Å²) in [6, 6.07) is 2.08. The van der Waals surface area contributed by atoms with Gasteiger partial charge >= 0.3 is 0 Å². The maximum atomic E-state index is 13.7. The maximum absolute atomic E-state index is 13.7. The highest BCUT2D eigenvalue weighted by molar-refractivity contribution is 7.16. The fourth-order valence-corrected chi connectivity index (χ4v) is 5.26. The Bertz CT molecular complexity index is 896. The molecule has 0 aliphatic heterocycles. The lowest BCUT2D eigenvalue weighted by molar-refractivity contribution is -0.122. The summed E-state index contributed by atoms with van der Waals surface area (Å²) in [5, 5.41) is 10.5. The number of H-pyrrole nitrogens is 1. The number of thiophene rings is 1. The van der Waals surface area contributed by atoms with E-state index in [0.717, 1.165) is 61.4 Å². The van der Waals surface area contributed by atoms with Crippen LogP contribution in [-0.2, 0) is 24.2 Å². The maximum Gasteiger partial charge on any atom is 0.230 e. The van der Waals surface area contributed by atoms with Crippen LogP contribution in [-0.4, -0.2) is 21.1 Å². The zero-order valence-electron chi connectivity index (χ0n) is 19.8. The number of rotatable bonds is 8. The highest BCUT2D eigenvalue weighted by Gasteiger charge is 2.33. The predicted octanol–water partition coefficient (Wildman–Crippen LogP) is 6.09. The molecule has 31 heavy (non-hydrogen) atoms. The Morgan fingerprint density at radius 3 is 2.68 bits per heavy atom. The van der Waals surface area contributed by atoms with Crippen LogP contribution in [0.25, 0.3) is 0 Å². The highest BCUT2D eigenvalue weighted by atomic mass is 32.1. The van der Waals surface area contributed by atoms with Crippen LogP contribution in [0.1, 0.15) is 82.4 Å². The number of hydrogen-bond donors (Lipinski definition) is 3. The van der Waals surface area contributed by atoms with Crippen molar-refractivity contribution in [2.75, 3.05) is 10.4 Å². The summed E-state index contributed by atoms with van der Waals surface area (Å²) in [4.78, 5) is 24.7. The van der Waals surface area contributed by atoms with Crippen molar-refractivity contribution in [2.45, 2.75) is 86.6 Å². The molecule has 7 heteroatoms. The number of aryl methyl sites for hydroxylation is 3. The molecule has 2 heterocycles. The molecular weight excluding hydrogens is 408 g/mol. The molecule has 0 radical (unpaired) electrons. The zero-order chi connectivity index (χ0) is 22.8. The Morgan fingerprint density at radius 2 is 2.13 bits per heavy atom. The van der Waals surface area contributed by atoms with Gasteiger partial charge in [0.15, 0.2) is 0 Å². The molecular formula is C24H38N4O2S. The van der Waals surface area contributed by atoms with Gasteiger partial charge in [-0.3, -0.25) is 15.5 Å². The number of carbonyl (C=O) groups is 1. The molecule has 0 aromatic carbocycles. The molecule has 6 nitrogen and oxygen atoms in total. The van der Waals surface area contributed by atoms with Gasteiger partial charge in [0.25, 0.3) is 0 Å². The molecule has 1 saturated carbocycles. The van der Waals surface area contributed by atoms with E-state index in [1.165, 1.54) is 16.2 Å². The van der Waals surface area contributed by atoms with Crippen LogP contribution < -0.4 is 10.4 Å². The third-order valence-corrected chi connectivity index (χ3v) is 7.35. The van der Waals surface area contributed by atoms with E-state index in [1.54, 1.807) is 0 Å². The summed E-state index contributed by atoms with van der Waals surface area (Å²) in [6.45, 7) is 13.4. The highest BCUT2D eigenvalue weighted by Crippen LogP contribution is 2.40. The molecule has 3 N–H and O–H groups in total. The van der Waals surface area contributed by atoms with E-state index in [4.69, 9.17) is 4.98 Å². The molecule has 1 fully saturated rings. The van der Waals surface area contributed by atoms with E-state index in [9.17, 15) is 10.0 Å². The summed E-state index contributed by atoms with van der Waals surface area (Å²) in [5.41, 5.74) is 5.25. The molecule has 1 amide bonds. The van der Waals surface area contributed by atoms with E-state index < -0.39 is 0 Å². The van der Waals surface area contributed by atoms with Crippen molar-refractivity contribution in [3.63, 3.8) is 0 Å². The van der Waals surface area contributed by atoms with Crippen molar-refractivity contribution in [1.82, 2.24) is 9.97 Å². The second kappa shape index (κ2) is 9.74. The molecule has 1 aliphatic rings. The van der Waals surface area contributed by atoms with E-state index in [-0.39, 0.29) is 17.2 Å². The standard InChI is InChI=1S/C24H38N4O2S/c1-7-21-25-16(3)19(26-21)14-28(23(29)17-9-8-15(2)12-17)20-13-18(31-22(20)27-30)10-11-24(4,5)6/h13,15,17,27,30H,7-12,14H2,1-6H3,(H,25,26). The summed E-state index contributed by atoms with van der Waals surface area (Å²) in [5.74, 6) is 1.69. The topological polar surface area (TPSA) is 81.2 Å². The van der Waals surface area contributed by atoms with Crippen molar-refractivity contribution in [3.05, 3.63) is 28.2 Å². The average Bonchev–Trinajstić information content (AvgIpc) is 3.41. The van der Waals surface area contributed by atoms with Crippen molar-refractivity contribution in [1.29, 1.82) is 0 Å². The number of amides is 1. The van der Waals surface area contributed by atoms with E-state index >= 15 is 0 Å². The summed E-state index contributed by atoms with van der Waals surface area (Å²) >= 11 is 1.53. The molecule has 3 rings (SSSR count). The Balaban J connectivity index is 1.94. The SMILES string of the molecule is CCc1nc(CN(C(=O)C2CCC(C)C2)c2cc(CCC(C)(C)C)sc2NO)c(C)[nH]1. The number of anilines is 2. The summed E-state index contributed by atoms with van der Waals surface area (Å²) < 4.78 is 0. The van der Waals surface area contributed by atoms with Crippen molar-refractivity contribution < 1.29 is 10.0 Å². The molecule has 172 valence electrons. The van der Waals surface area contributed by atoms with Crippen molar-refractivity contribution in [2.24, 2.45) is 17.3 Å². The fraction of sp³-hybridized carbons (Fsp3) is 0.667. The van der Waals surface area contributed by atoms with Crippen LogP contribution in [0.15, 0.2) is 6.07 Å². The molecule has 0 spiro atoms. The van der Waals surface area contributed by atoms with Gasteiger partial charge in [-0.1, -0.05) is 34.6 Å². The number of aromatic nitrogens is 2. The number of nitrogens with zero attached hydrogens (tertiary/aromatic N) is 2. The van der Waals surface area contributed by atoms with Gasteiger partial charge in [-0.15, -0.1) is 11.3 Å². The van der Waals surface area contributed by atoms with E-state index in [2.05, 4.69) is 51.1 Å². The van der Waals surface area contributed by atoms with Gasteiger partial charge < -0.3 is 9.88 Å². The number of aromatic amines is 1. The van der Waals surface area contributed by atoms with Gasteiger partial charge in [-0.05, 0) is 56.4 Å². The molecule has 2 unspecified atom stereocenters. The molecule has 1 aliphatic carbocycles. The average molecular weight is 447 g/mol. The van der Waals surface area contributed by atoms with Crippen LogP contribution in [0.5, 0.6) is 0 Å². The molecule has 2 aromatic heterocycles. The minimum atomic E-state index is 0.0318. The third kappa shape index (κ3) is 5.89. The Morgan fingerprint density at radius 1 is 1.39 bits per heavy atom. The lowest BCUT2D eigenvalue weighted by Gasteiger charge is -2.25. The predicted molar refractivity (Wildman–Crippen MR) is 128 cm³/mol. The Labute approximate surface area is 190 Å². The van der Waals surface area contributed by atoms with Gasteiger partial charge in [-0.25, -0.2) is 4.98 Å². The normalized spacial score (nSPS) is 19.1. The Kier molecular flexibility index (Phi) is 7.47. The number of nitrogens with one attached hydrogen (secondary N) is 2. The smallest absolute Gasteiger partial charge is 0.230 e. The zero-order valence-corrected chi connectivity index (χ0v) is 20.7. The van der Waals surface area contributed by atoms with E-state index in [0.29, 0.717) is 17.5 Å². The first-order valence-corrected chi connectivity index (χ1v) is 12.3. The fourth-order valence-electron chi connectivity index (χ4n) is 4.30. The minimum absolute atomic E-state index is 0.0318. The first-order chi connectivity index (χ1) is 14.6. The second-order valence-electron chi connectivity index (χ2n) is 10.2. The molecule has 0 bridgehead atoms. The second-order valence-corrected chi connectivity index (χ2v) is 11.4. The van der Waals surface area contributed by atoms with Crippen LogP contribution in [0.4, 0.5) is 10.7 Å². The van der Waals surface area contributed by atoms with Gasteiger partial charge in [-0.2, -0.15) is 0 Å². The van der Waals surface area contributed by atoms with E-state index in [1.807, 2.05) is 11.8 Å². The number of carbonyl (C=O) groups excluding carboxylic acids is 1. The quantitative estimate of drug-likeness (QED) is 0.429. The largest absolute Gasteiger partial charge is 0.346 e. The molecule has 0 saturated heterocycles. The van der Waals surface area contributed by atoms with Crippen LogP contribution in [0.3, 0.4) is 0 Å². The minimum Gasteiger partial charge on any atom is -0.346 e. The van der Waals surface area contributed by atoms with Crippen LogP contribution >= 0.6 is 11.3 Å². The monoisotopic (exact) mass is 446 g/mol. The first-order valence-electron chi connectivity index (χ1n) is 11.5. The van der Waals surface area contributed by atoms with Crippen molar-refractivity contribution >= 4 is 27.9 Å². The molecule has 2 atom stereocenters. The van der Waals surface area contributed by atoms with Gasteiger partial charge in [0, 0.05) is 22.9 Å². The molecule has 2 aromatic rings. The number of hydrogen-bond acceptors (Lipinski definition) is 5. The van der Waals surface area contributed by atoms with Gasteiger partial charge in [0.05, 0.1) is 17.9 Å². The van der Waals surface area contributed by atoms with Crippen molar-refractivity contribution in [3.8, 4) is 0 Å². The van der Waals surface area contributed by atoms with Crippen LogP contribution in [0.2, 0.25) is 0 Å². The van der Waals surface area contributed by atoms with Gasteiger partial charge in [0.2, 0.25) is 5.91 Å². The Hall–Kier alpha value is -1.86. The van der Waals surface area contributed by atoms with Crippen LogP contribution in [0, 0.1) is 24.2 Å². The summed E-state index contributed by atoms with van der Waals surface area (Å²) in [7, 11) is 0. The lowest BCUT2D eigenvalue weighted by atomic mass is 9.90. The third-order valence-electron chi connectivity index (χ3n) is 6.26. The summed E-state index contributed by atoms with van der Waals surface area (Å²) in [6.07, 6.45) is 5.75. The van der Waals surface area contributed by atoms with Gasteiger partial charge in [0.1, 0.15) is 10.8 Å².